The predicted octanol–water partition coefficient (Wildman–Crippen LogP) is 3.96. The fraction of sp³-hybridized carbons (Fsp3) is 0.583. The first kappa shape index (κ1) is 15.1. The lowest BCUT2D eigenvalue weighted by molar-refractivity contribution is 0.242. The summed E-state index contributed by atoms with van der Waals surface area (Å²) in [7, 11) is 2.09. The summed E-state index contributed by atoms with van der Waals surface area (Å²) in [5, 5.41) is 1.17. The number of hydrogen-bond acceptors (Lipinski definition) is 3. The van der Waals surface area contributed by atoms with Gasteiger partial charge in [-0.3, -0.25) is 4.90 Å². The van der Waals surface area contributed by atoms with Crippen LogP contribution in [0.15, 0.2) is 12.1 Å². The molecule has 1 unspecified atom stereocenters. The quantitative estimate of drug-likeness (QED) is 0.739. The number of nitrogens with zero attached hydrogens (tertiary/aromatic N) is 2. The number of pyridine rings is 1. The SMILES string of the molecule is CSCCC(C)N(C)Cc1nc(Cl)ccc1Cl. The topological polar surface area (TPSA) is 16.1 Å². The summed E-state index contributed by atoms with van der Waals surface area (Å²) in [6.07, 6.45) is 3.29. The van der Waals surface area contributed by atoms with Crippen LogP contribution >= 0.6 is 35.0 Å². The summed E-state index contributed by atoms with van der Waals surface area (Å²) in [6, 6.07) is 4.02. The first-order valence-electron chi connectivity index (χ1n) is 5.54. The zero-order valence-electron chi connectivity index (χ0n) is 10.4. The van der Waals surface area contributed by atoms with Crippen molar-refractivity contribution in [3.8, 4) is 0 Å². The summed E-state index contributed by atoms with van der Waals surface area (Å²) in [4.78, 5) is 6.51. The summed E-state index contributed by atoms with van der Waals surface area (Å²) in [6.45, 7) is 2.95. The third-order valence-electron chi connectivity index (χ3n) is 2.78. The molecule has 2 nitrogen and oxygen atoms in total. The van der Waals surface area contributed by atoms with Crippen LogP contribution in [0.3, 0.4) is 0 Å². The Morgan fingerprint density at radius 1 is 1.41 bits per heavy atom. The number of rotatable bonds is 6. The third kappa shape index (κ3) is 5.04. The normalized spacial score (nSPS) is 13.1. The number of thioether (sulfide) groups is 1. The number of aromatic nitrogens is 1. The van der Waals surface area contributed by atoms with Gasteiger partial charge in [-0.15, -0.1) is 0 Å². The molecule has 0 bridgehead atoms. The molecule has 0 radical (unpaired) electrons. The Bertz CT molecular complexity index is 360. The van der Waals surface area contributed by atoms with Crippen LogP contribution in [-0.2, 0) is 6.54 Å². The Labute approximate surface area is 118 Å². The minimum absolute atomic E-state index is 0.495. The van der Waals surface area contributed by atoms with Gasteiger partial charge >= 0.3 is 0 Å². The lowest BCUT2D eigenvalue weighted by Crippen LogP contribution is -2.29. The van der Waals surface area contributed by atoms with Gasteiger partial charge in [-0.2, -0.15) is 11.8 Å². The van der Waals surface area contributed by atoms with Crippen molar-refractivity contribution in [2.24, 2.45) is 0 Å². The van der Waals surface area contributed by atoms with Gasteiger partial charge in [-0.1, -0.05) is 23.2 Å². The average Bonchev–Trinajstić information content (AvgIpc) is 2.30. The first-order chi connectivity index (χ1) is 8.04. The molecule has 5 heteroatoms. The molecule has 1 aromatic rings. The van der Waals surface area contributed by atoms with Gasteiger partial charge in [-0.25, -0.2) is 4.98 Å². The highest BCUT2D eigenvalue weighted by atomic mass is 35.5. The van der Waals surface area contributed by atoms with Gasteiger partial charge in [0, 0.05) is 12.6 Å². The van der Waals surface area contributed by atoms with Gasteiger partial charge in [0.2, 0.25) is 0 Å². The van der Waals surface area contributed by atoms with Crippen molar-refractivity contribution >= 4 is 35.0 Å². The van der Waals surface area contributed by atoms with Gasteiger partial charge in [0.15, 0.2) is 0 Å². The summed E-state index contributed by atoms with van der Waals surface area (Å²) in [5.74, 6) is 1.17. The van der Waals surface area contributed by atoms with Crippen molar-refractivity contribution in [2.75, 3.05) is 19.1 Å². The van der Waals surface area contributed by atoms with E-state index >= 15 is 0 Å². The van der Waals surface area contributed by atoms with Crippen LogP contribution in [0, 0.1) is 0 Å². The molecule has 0 aliphatic carbocycles. The predicted molar refractivity (Wildman–Crippen MR) is 78.2 cm³/mol. The molecule has 1 atom stereocenters. The van der Waals surface area contributed by atoms with Gasteiger partial charge in [-0.05, 0) is 44.5 Å². The molecular formula is C12H18Cl2N2S. The maximum absolute atomic E-state index is 6.10. The van der Waals surface area contributed by atoms with E-state index in [-0.39, 0.29) is 0 Å². The van der Waals surface area contributed by atoms with Crippen molar-refractivity contribution < 1.29 is 0 Å². The molecule has 0 aliphatic rings. The molecular weight excluding hydrogens is 275 g/mol. The van der Waals surface area contributed by atoms with E-state index in [4.69, 9.17) is 23.2 Å². The van der Waals surface area contributed by atoms with Crippen molar-refractivity contribution in [3.63, 3.8) is 0 Å². The molecule has 0 aliphatic heterocycles. The minimum Gasteiger partial charge on any atom is -0.298 e. The van der Waals surface area contributed by atoms with Gasteiger partial charge in [0.05, 0.1) is 10.7 Å². The van der Waals surface area contributed by atoms with Gasteiger partial charge in [0.25, 0.3) is 0 Å². The van der Waals surface area contributed by atoms with Crippen LogP contribution in [0.25, 0.3) is 0 Å². The van der Waals surface area contributed by atoms with Crippen LogP contribution in [0.4, 0.5) is 0 Å². The van der Waals surface area contributed by atoms with Gasteiger partial charge in [0.1, 0.15) is 5.15 Å². The van der Waals surface area contributed by atoms with E-state index in [0.717, 1.165) is 18.7 Å². The van der Waals surface area contributed by atoms with E-state index in [1.807, 2.05) is 11.8 Å². The molecule has 1 rings (SSSR count). The fourth-order valence-corrected chi connectivity index (χ4v) is 2.38. The highest BCUT2D eigenvalue weighted by Crippen LogP contribution is 2.19. The third-order valence-corrected chi connectivity index (χ3v) is 3.97. The van der Waals surface area contributed by atoms with E-state index in [2.05, 4.69) is 30.1 Å². The first-order valence-corrected chi connectivity index (χ1v) is 7.69. The zero-order chi connectivity index (χ0) is 12.8. The maximum Gasteiger partial charge on any atom is 0.129 e. The summed E-state index contributed by atoms with van der Waals surface area (Å²) >= 11 is 13.8. The average molecular weight is 293 g/mol. The van der Waals surface area contributed by atoms with Crippen LogP contribution in [-0.4, -0.2) is 35.0 Å². The largest absolute Gasteiger partial charge is 0.298 e. The van der Waals surface area contributed by atoms with Gasteiger partial charge < -0.3 is 0 Å². The zero-order valence-corrected chi connectivity index (χ0v) is 12.7. The monoisotopic (exact) mass is 292 g/mol. The molecule has 0 N–H and O–H groups in total. The highest BCUT2D eigenvalue weighted by molar-refractivity contribution is 7.98. The number of halogens is 2. The molecule has 1 heterocycles. The van der Waals surface area contributed by atoms with E-state index in [9.17, 15) is 0 Å². The van der Waals surface area contributed by atoms with E-state index in [0.29, 0.717) is 16.2 Å². The molecule has 0 amide bonds. The minimum atomic E-state index is 0.495. The van der Waals surface area contributed by atoms with Crippen molar-refractivity contribution in [2.45, 2.75) is 25.9 Å². The van der Waals surface area contributed by atoms with Crippen molar-refractivity contribution in [3.05, 3.63) is 28.0 Å². The lowest BCUT2D eigenvalue weighted by Gasteiger charge is -2.24. The van der Waals surface area contributed by atoms with Crippen molar-refractivity contribution in [1.29, 1.82) is 0 Å². The molecule has 0 saturated carbocycles. The number of hydrogen-bond donors (Lipinski definition) is 0. The standard InChI is InChI=1S/C12H18Cl2N2S/c1-9(6-7-17-3)16(2)8-11-10(13)4-5-12(14)15-11/h4-5,9H,6-8H2,1-3H3. The van der Waals surface area contributed by atoms with Crippen LogP contribution < -0.4 is 0 Å². The van der Waals surface area contributed by atoms with Crippen LogP contribution in [0.5, 0.6) is 0 Å². The maximum atomic E-state index is 6.10. The Hall–Kier alpha value is 0.0400. The van der Waals surface area contributed by atoms with Crippen LogP contribution in [0.2, 0.25) is 10.2 Å². The highest BCUT2D eigenvalue weighted by Gasteiger charge is 2.12. The molecule has 0 aromatic carbocycles. The Morgan fingerprint density at radius 3 is 2.76 bits per heavy atom. The van der Waals surface area contributed by atoms with Crippen molar-refractivity contribution in [1.82, 2.24) is 9.88 Å². The Kier molecular flexibility index (Phi) is 6.63. The second kappa shape index (κ2) is 7.47. The second-order valence-corrected chi connectivity index (χ2v) is 5.89. The molecule has 17 heavy (non-hydrogen) atoms. The molecule has 0 fully saturated rings. The molecule has 0 saturated heterocycles. The van der Waals surface area contributed by atoms with E-state index in [1.165, 1.54) is 5.75 Å². The summed E-state index contributed by atoms with van der Waals surface area (Å²) in [5.41, 5.74) is 0.845. The van der Waals surface area contributed by atoms with Crippen LogP contribution in [0.1, 0.15) is 19.0 Å². The molecule has 1 aromatic heterocycles. The second-order valence-electron chi connectivity index (χ2n) is 4.11. The Morgan fingerprint density at radius 2 is 2.12 bits per heavy atom. The smallest absolute Gasteiger partial charge is 0.129 e. The molecule has 0 spiro atoms. The molecule has 96 valence electrons. The fourth-order valence-electron chi connectivity index (χ4n) is 1.47. The van der Waals surface area contributed by atoms with E-state index in [1.54, 1.807) is 12.1 Å². The lowest BCUT2D eigenvalue weighted by atomic mass is 10.2. The van der Waals surface area contributed by atoms with E-state index < -0.39 is 0 Å². The Balaban J connectivity index is 2.60. The summed E-state index contributed by atoms with van der Waals surface area (Å²) < 4.78 is 0.